The van der Waals surface area contributed by atoms with Crippen molar-refractivity contribution in [2.24, 2.45) is 0 Å². The number of hydrogen-bond acceptors (Lipinski definition) is 1. The third kappa shape index (κ3) is 2.53. The standard InChI is InChI=1S/C15H19F3N2/c1-9(2)20-12-7-6-10(14(3,4)5)8-11(12)19-13(20)15(16,17)18/h6-9H,1-5H3. The van der Waals surface area contributed by atoms with Crippen molar-refractivity contribution in [3.63, 3.8) is 0 Å². The van der Waals surface area contributed by atoms with Crippen LogP contribution in [0.3, 0.4) is 0 Å². The molecule has 0 amide bonds. The summed E-state index contributed by atoms with van der Waals surface area (Å²) in [4.78, 5) is 3.82. The van der Waals surface area contributed by atoms with Gasteiger partial charge in [0.1, 0.15) is 0 Å². The molecular formula is C15H19F3N2. The maximum atomic E-state index is 13.1. The molecule has 1 heterocycles. The predicted molar refractivity (Wildman–Crippen MR) is 73.8 cm³/mol. The molecule has 0 bridgehead atoms. The number of aromatic nitrogens is 2. The van der Waals surface area contributed by atoms with Gasteiger partial charge >= 0.3 is 6.18 Å². The van der Waals surface area contributed by atoms with Crippen molar-refractivity contribution < 1.29 is 13.2 Å². The van der Waals surface area contributed by atoms with E-state index in [4.69, 9.17) is 0 Å². The van der Waals surface area contributed by atoms with Gasteiger partial charge in [0.2, 0.25) is 5.82 Å². The van der Waals surface area contributed by atoms with Crippen molar-refractivity contribution in [2.75, 3.05) is 0 Å². The molecule has 2 rings (SSSR count). The molecule has 0 fully saturated rings. The Morgan fingerprint density at radius 3 is 2.15 bits per heavy atom. The molecule has 1 aromatic heterocycles. The zero-order valence-corrected chi connectivity index (χ0v) is 12.3. The van der Waals surface area contributed by atoms with Crippen molar-refractivity contribution >= 4 is 11.0 Å². The van der Waals surface area contributed by atoms with Gasteiger partial charge in [-0.1, -0.05) is 26.8 Å². The average Bonchev–Trinajstić information content (AvgIpc) is 2.65. The van der Waals surface area contributed by atoms with Crippen LogP contribution in [0.5, 0.6) is 0 Å². The van der Waals surface area contributed by atoms with Gasteiger partial charge in [-0.15, -0.1) is 0 Å². The van der Waals surface area contributed by atoms with E-state index in [1.807, 2.05) is 26.8 Å². The third-order valence-corrected chi connectivity index (χ3v) is 3.33. The van der Waals surface area contributed by atoms with Crippen LogP contribution in [0.1, 0.15) is 52.0 Å². The Morgan fingerprint density at radius 2 is 1.70 bits per heavy atom. The zero-order valence-electron chi connectivity index (χ0n) is 12.3. The highest BCUT2D eigenvalue weighted by molar-refractivity contribution is 5.77. The van der Waals surface area contributed by atoms with Gasteiger partial charge in [-0.2, -0.15) is 13.2 Å². The number of alkyl halides is 3. The SMILES string of the molecule is CC(C)n1c(C(F)(F)F)nc2cc(C(C)(C)C)ccc21. The van der Waals surface area contributed by atoms with Crippen molar-refractivity contribution in [3.8, 4) is 0 Å². The Kier molecular flexibility index (Phi) is 3.35. The van der Waals surface area contributed by atoms with Gasteiger partial charge in [0, 0.05) is 6.04 Å². The summed E-state index contributed by atoms with van der Waals surface area (Å²) in [7, 11) is 0. The van der Waals surface area contributed by atoms with E-state index in [9.17, 15) is 13.2 Å². The molecule has 0 aliphatic rings. The smallest absolute Gasteiger partial charge is 0.318 e. The number of halogens is 3. The average molecular weight is 284 g/mol. The van der Waals surface area contributed by atoms with E-state index >= 15 is 0 Å². The van der Waals surface area contributed by atoms with Crippen LogP contribution in [0.15, 0.2) is 18.2 Å². The second-order valence-electron chi connectivity index (χ2n) is 6.35. The minimum Gasteiger partial charge on any atom is -0.318 e. The number of benzene rings is 1. The molecule has 0 unspecified atom stereocenters. The van der Waals surface area contributed by atoms with Crippen LogP contribution in [0.4, 0.5) is 13.2 Å². The predicted octanol–water partition coefficient (Wildman–Crippen LogP) is 4.93. The molecule has 0 spiro atoms. The number of imidazole rings is 1. The van der Waals surface area contributed by atoms with Gasteiger partial charge in [-0.25, -0.2) is 4.98 Å². The molecule has 5 heteroatoms. The first-order valence-electron chi connectivity index (χ1n) is 6.61. The molecule has 2 nitrogen and oxygen atoms in total. The van der Waals surface area contributed by atoms with E-state index < -0.39 is 12.0 Å². The van der Waals surface area contributed by atoms with E-state index in [-0.39, 0.29) is 11.5 Å². The van der Waals surface area contributed by atoms with E-state index in [0.717, 1.165) is 5.56 Å². The molecule has 2 aromatic rings. The minimum atomic E-state index is -4.44. The fourth-order valence-corrected chi connectivity index (χ4v) is 2.29. The molecule has 0 N–H and O–H groups in total. The lowest BCUT2D eigenvalue weighted by Crippen LogP contribution is -2.16. The fourth-order valence-electron chi connectivity index (χ4n) is 2.29. The van der Waals surface area contributed by atoms with E-state index in [1.54, 1.807) is 26.0 Å². The molecule has 0 saturated carbocycles. The summed E-state index contributed by atoms with van der Waals surface area (Å²) < 4.78 is 40.5. The van der Waals surface area contributed by atoms with Crippen LogP contribution in [-0.2, 0) is 11.6 Å². The summed E-state index contributed by atoms with van der Waals surface area (Å²) in [6.45, 7) is 9.54. The Hall–Kier alpha value is -1.52. The molecule has 0 saturated heterocycles. The van der Waals surface area contributed by atoms with Gasteiger partial charge in [0.05, 0.1) is 11.0 Å². The molecule has 0 aliphatic heterocycles. The van der Waals surface area contributed by atoms with Crippen molar-refractivity contribution in [3.05, 3.63) is 29.6 Å². The number of fused-ring (bicyclic) bond motifs is 1. The topological polar surface area (TPSA) is 17.8 Å². The first-order valence-corrected chi connectivity index (χ1v) is 6.61. The van der Waals surface area contributed by atoms with Gasteiger partial charge in [0.15, 0.2) is 0 Å². The molecule has 1 aromatic carbocycles. The van der Waals surface area contributed by atoms with Gasteiger partial charge in [-0.3, -0.25) is 0 Å². The molecular weight excluding hydrogens is 265 g/mol. The molecule has 110 valence electrons. The second-order valence-corrected chi connectivity index (χ2v) is 6.35. The van der Waals surface area contributed by atoms with E-state index in [2.05, 4.69) is 4.98 Å². The highest BCUT2D eigenvalue weighted by Gasteiger charge is 2.38. The van der Waals surface area contributed by atoms with Gasteiger partial charge in [-0.05, 0) is 37.0 Å². The van der Waals surface area contributed by atoms with Crippen molar-refractivity contribution in [2.45, 2.75) is 52.3 Å². The maximum Gasteiger partial charge on any atom is 0.449 e. The largest absolute Gasteiger partial charge is 0.449 e. The van der Waals surface area contributed by atoms with Gasteiger partial charge in [0.25, 0.3) is 0 Å². The number of rotatable bonds is 1. The first-order chi connectivity index (χ1) is 9.01. The van der Waals surface area contributed by atoms with E-state index in [1.165, 1.54) is 4.57 Å². The lowest BCUT2D eigenvalue weighted by molar-refractivity contribution is -0.147. The van der Waals surface area contributed by atoms with Crippen LogP contribution < -0.4 is 0 Å². The quantitative estimate of drug-likeness (QED) is 0.725. The summed E-state index contributed by atoms with van der Waals surface area (Å²) in [5.41, 5.74) is 1.79. The minimum absolute atomic E-state index is 0.117. The lowest BCUT2D eigenvalue weighted by atomic mass is 9.87. The van der Waals surface area contributed by atoms with Crippen molar-refractivity contribution in [1.29, 1.82) is 0 Å². The maximum absolute atomic E-state index is 13.1. The molecule has 0 radical (unpaired) electrons. The summed E-state index contributed by atoms with van der Waals surface area (Å²) in [5.74, 6) is -0.825. The molecule has 0 atom stereocenters. The van der Waals surface area contributed by atoms with Crippen LogP contribution in [0.25, 0.3) is 11.0 Å². The van der Waals surface area contributed by atoms with Crippen LogP contribution in [0.2, 0.25) is 0 Å². The monoisotopic (exact) mass is 284 g/mol. The van der Waals surface area contributed by atoms with Crippen LogP contribution in [0, 0.1) is 0 Å². The summed E-state index contributed by atoms with van der Waals surface area (Å²) in [5, 5.41) is 0. The number of nitrogens with zero attached hydrogens (tertiary/aromatic N) is 2. The Bertz CT molecular complexity index is 631. The highest BCUT2D eigenvalue weighted by atomic mass is 19.4. The lowest BCUT2D eigenvalue weighted by Gasteiger charge is -2.19. The van der Waals surface area contributed by atoms with Crippen LogP contribution >= 0.6 is 0 Å². The summed E-state index contributed by atoms with van der Waals surface area (Å²) in [6, 6.07) is 5.07. The van der Waals surface area contributed by atoms with Gasteiger partial charge < -0.3 is 4.57 Å². The third-order valence-electron chi connectivity index (χ3n) is 3.33. The van der Waals surface area contributed by atoms with E-state index in [0.29, 0.717) is 11.0 Å². The first kappa shape index (κ1) is 14.9. The normalized spacial score (nSPS) is 13.4. The Balaban J connectivity index is 2.74. The van der Waals surface area contributed by atoms with Crippen LogP contribution in [-0.4, -0.2) is 9.55 Å². The summed E-state index contributed by atoms with van der Waals surface area (Å²) in [6.07, 6.45) is -4.44. The summed E-state index contributed by atoms with van der Waals surface area (Å²) >= 11 is 0. The Morgan fingerprint density at radius 1 is 1.10 bits per heavy atom. The molecule has 20 heavy (non-hydrogen) atoms. The Labute approximate surface area is 116 Å². The second kappa shape index (κ2) is 4.50. The molecule has 0 aliphatic carbocycles. The highest BCUT2D eigenvalue weighted by Crippen LogP contribution is 2.35. The zero-order chi connectivity index (χ0) is 15.3. The number of hydrogen-bond donors (Lipinski definition) is 0. The van der Waals surface area contributed by atoms with Crippen molar-refractivity contribution in [1.82, 2.24) is 9.55 Å². The fraction of sp³-hybridized carbons (Fsp3) is 0.533.